The number of nitrogens with one attached hydrogen (secondary N) is 1. The van der Waals surface area contributed by atoms with Crippen LogP contribution in [0.3, 0.4) is 0 Å². The highest BCUT2D eigenvalue weighted by Gasteiger charge is 2.23. The van der Waals surface area contributed by atoms with Gasteiger partial charge in [0.25, 0.3) is 0 Å². The van der Waals surface area contributed by atoms with Crippen LogP contribution in [0, 0.1) is 5.92 Å². The smallest absolute Gasteiger partial charge is 0.123 e. The quantitative estimate of drug-likeness (QED) is 0.869. The average molecular weight is 290 g/mol. The second kappa shape index (κ2) is 7.81. The van der Waals surface area contributed by atoms with Gasteiger partial charge in [-0.05, 0) is 50.6 Å². The number of hydrogen-bond donors (Lipinski definition) is 1. The lowest BCUT2D eigenvalue weighted by Gasteiger charge is -2.34. The van der Waals surface area contributed by atoms with Gasteiger partial charge in [-0.2, -0.15) is 0 Å². The molecule has 0 saturated heterocycles. The lowest BCUT2D eigenvalue weighted by Crippen LogP contribution is -2.35. The van der Waals surface area contributed by atoms with E-state index < -0.39 is 0 Å². The summed E-state index contributed by atoms with van der Waals surface area (Å²) in [5, 5.41) is 3.22. The van der Waals surface area contributed by atoms with E-state index in [1.165, 1.54) is 36.8 Å². The van der Waals surface area contributed by atoms with Gasteiger partial charge in [-0.3, -0.25) is 4.90 Å². The minimum atomic E-state index is 0.714. The highest BCUT2D eigenvalue weighted by molar-refractivity contribution is 5.37. The van der Waals surface area contributed by atoms with Crippen LogP contribution < -0.4 is 10.1 Å². The standard InChI is InChI=1S/C18H30N2O/c1-14-6-5-7-17(10-14)20(3)13-16-11-15(12-19-2)8-9-18(16)21-4/h8-9,11,14,17,19H,5-7,10,12-13H2,1-4H3. The average Bonchev–Trinajstić information content (AvgIpc) is 2.48. The first-order chi connectivity index (χ1) is 10.1. The molecule has 0 amide bonds. The van der Waals surface area contributed by atoms with Crippen LogP contribution in [0.1, 0.15) is 43.7 Å². The van der Waals surface area contributed by atoms with Crippen molar-refractivity contribution in [1.82, 2.24) is 10.2 Å². The number of benzene rings is 1. The molecule has 1 aromatic rings. The monoisotopic (exact) mass is 290 g/mol. The summed E-state index contributed by atoms with van der Waals surface area (Å²) in [6.45, 7) is 4.26. The van der Waals surface area contributed by atoms with Gasteiger partial charge in [0.1, 0.15) is 5.75 Å². The summed E-state index contributed by atoms with van der Waals surface area (Å²) in [7, 11) is 6.01. The fraction of sp³-hybridized carbons (Fsp3) is 0.667. The molecule has 1 N–H and O–H groups in total. The molecule has 0 bridgehead atoms. The SMILES string of the molecule is CNCc1ccc(OC)c(CN(C)C2CCCC(C)C2)c1. The molecule has 1 aliphatic carbocycles. The lowest BCUT2D eigenvalue weighted by atomic mass is 9.86. The molecule has 1 aliphatic rings. The summed E-state index contributed by atoms with van der Waals surface area (Å²) in [6, 6.07) is 7.23. The fourth-order valence-corrected chi connectivity index (χ4v) is 3.47. The van der Waals surface area contributed by atoms with Crippen LogP contribution in [-0.4, -0.2) is 32.1 Å². The van der Waals surface area contributed by atoms with E-state index in [1.807, 2.05) is 7.05 Å². The van der Waals surface area contributed by atoms with Crippen molar-refractivity contribution >= 4 is 0 Å². The molecule has 0 spiro atoms. The van der Waals surface area contributed by atoms with Gasteiger partial charge in [-0.1, -0.05) is 25.8 Å². The summed E-state index contributed by atoms with van der Waals surface area (Å²) < 4.78 is 5.54. The predicted octanol–water partition coefficient (Wildman–Crippen LogP) is 3.43. The predicted molar refractivity (Wildman–Crippen MR) is 88.6 cm³/mol. The molecular formula is C18H30N2O. The summed E-state index contributed by atoms with van der Waals surface area (Å²) in [5.74, 6) is 1.87. The van der Waals surface area contributed by atoms with Crippen LogP contribution in [0.4, 0.5) is 0 Å². The molecule has 2 rings (SSSR count). The molecule has 0 heterocycles. The Labute approximate surface area is 129 Å². The van der Waals surface area contributed by atoms with E-state index in [0.29, 0.717) is 6.04 Å². The molecule has 3 nitrogen and oxygen atoms in total. The summed E-state index contributed by atoms with van der Waals surface area (Å²) in [4.78, 5) is 2.51. The first-order valence-electron chi connectivity index (χ1n) is 8.14. The van der Waals surface area contributed by atoms with Gasteiger partial charge in [0.15, 0.2) is 0 Å². The van der Waals surface area contributed by atoms with Crippen LogP contribution in [0.15, 0.2) is 18.2 Å². The third-order valence-electron chi connectivity index (χ3n) is 4.68. The Bertz CT molecular complexity index is 447. The zero-order valence-corrected chi connectivity index (χ0v) is 14.0. The van der Waals surface area contributed by atoms with Crippen molar-refractivity contribution < 1.29 is 4.74 Å². The lowest BCUT2D eigenvalue weighted by molar-refractivity contribution is 0.156. The van der Waals surface area contributed by atoms with Gasteiger partial charge in [-0.25, -0.2) is 0 Å². The summed E-state index contributed by atoms with van der Waals surface area (Å²) in [6.07, 6.45) is 5.42. The molecule has 1 saturated carbocycles. The number of hydrogen-bond acceptors (Lipinski definition) is 3. The third-order valence-corrected chi connectivity index (χ3v) is 4.68. The highest BCUT2D eigenvalue weighted by atomic mass is 16.5. The zero-order chi connectivity index (χ0) is 15.2. The number of ether oxygens (including phenoxy) is 1. The van der Waals surface area contributed by atoms with Crippen molar-refractivity contribution in [3.63, 3.8) is 0 Å². The van der Waals surface area contributed by atoms with E-state index in [9.17, 15) is 0 Å². The third kappa shape index (κ3) is 4.45. The van der Waals surface area contributed by atoms with E-state index >= 15 is 0 Å². The topological polar surface area (TPSA) is 24.5 Å². The van der Waals surface area contributed by atoms with Crippen molar-refractivity contribution in [2.45, 2.75) is 51.7 Å². The first kappa shape index (κ1) is 16.3. The molecule has 0 aromatic heterocycles. The van der Waals surface area contributed by atoms with Gasteiger partial charge in [0, 0.05) is 24.7 Å². The molecule has 3 heteroatoms. The number of rotatable bonds is 6. The van der Waals surface area contributed by atoms with Crippen LogP contribution in [0.2, 0.25) is 0 Å². The number of nitrogens with zero attached hydrogens (tertiary/aromatic N) is 1. The number of methoxy groups -OCH3 is 1. The Morgan fingerprint density at radius 3 is 2.81 bits per heavy atom. The van der Waals surface area contributed by atoms with Gasteiger partial charge >= 0.3 is 0 Å². The first-order valence-corrected chi connectivity index (χ1v) is 8.14. The Morgan fingerprint density at radius 2 is 2.14 bits per heavy atom. The van der Waals surface area contributed by atoms with Crippen LogP contribution in [0.25, 0.3) is 0 Å². The Hall–Kier alpha value is -1.06. The molecule has 1 fully saturated rings. The van der Waals surface area contributed by atoms with Crippen LogP contribution >= 0.6 is 0 Å². The van der Waals surface area contributed by atoms with Gasteiger partial charge in [-0.15, -0.1) is 0 Å². The fourth-order valence-electron chi connectivity index (χ4n) is 3.47. The molecule has 21 heavy (non-hydrogen) atoms. The summed E-state index contributed by atoms with van der Waals surface area (Å²) in [5.41, 5.74) is 2.62. The second-order valence-corrected chi connectivity index (χ2v) is 6.52. The summed E-state index contributed by atoms with van der Waals surface area (Å²) >= 11 is 0. The van der Waals surface area contributed by atoms with Crippen molar-refractivity contribution in [2.75, 3.05) is 21.2 Å². The minimum absolute atomic E-state index is 0.714. The molecule has 2 atom stereocenters. The Balaban J connectivity index is 2.07. The molecular weight excluding hydrogens is 260 g/mol. The van der Waals surface area contributed by atoms with Gasteiger partial charge in [0.05, 0.1) is 7.11 Å². The molecule has 2 unspecified atom stereocenters. The highest BCUT2D eigenvalue weighted by Crippen LogP contribution is 2.29. The Kier molecular flexibility index (Phi) is 6.07. The van der Waals surface area contributed by atoms with Crippen LogP contribution in [0.5, 0.6) is 5.75 Å². The van der Waals surface area contributed by atoms with Gasteiger partial charge < -0.3 is 10.1 Å². The van der Waals surface area contributed by atoms with Crippen molar-refractivity contribution in [1.29, 1.82) is 0 Å². The van der Waals surface area contributed by atoms with E-state index in [2.05, 4.69) is 42.4 Å². The van der Waals surface area contributed by atoms with E-state index in [1.54, 1.807) is 7.11 Å². The molecule has 118 valence electrons. The van der Waals surface area contributed by atoms with E-state index in [-0.39, 0.29) is 0 Å². The van der Waals surface area contributed by atoms with Crippen molar-refractivity contribution in [3.05, 3.63) is 29.3 Å². The van der Waals surface area contributed by atoms with Crippen molar-refractivity contribution in [3.8, 4) is 5.75 Å². The molecule has 1 aromatic carbocycles. The maximum absolute atomic E-state index is 5.54. The molecule has 0 aliphatic heterocycles. The second-order valence-electron chi connectivity index (χ2n) is 6.52. The normalized spacial score (nSPS) is 22.5. The zero-order valence-electron chi connectivity index (χ0n) is 14.0. The van der Waals surface area contributed by atoms with Crippen LogP contribution in [-0.2, 0) is 13.1 Å². The van der Waals surface area contributed by atoms with E-state index in [0.717, 1.165) is 24.8 Å². The maximum atomic E-state index is 5.54. The molecule has 0 radical (unpaired) electrons. The maximum Gasteiger partial charge on any atom is 0.123 e. The Morgan fingerprint density at radius 1 is 1.33 bits per heavy atom. The van der Waals surface area contributed by atoms with Gasteiger partial charge in [0.2, 0.25) is 0 Å². The largest absolute Gasteiger partial charge is 0.496 e. The van der Waals surface area contributed by atoms with E-state index in [4.69, 9.17) is 4.74 Å². The van der Waals surface area contributed by atoms with Crippen molar-refractivity contribution in [2.24, 2.45) is 5.92 Å². The minimum Gasteiger partial charge on any atom is -0.496 e.